The van der Waals surface area contributed by atoms with E-state index in [-0.39, 0.29) is 34.9 Å². The molecule has 1 saturated carbocycles. The van der Waals surface area contributed by atoms with Crippen LogP contribution in [0.3, 0.4) is 0 Å². The van der Waals surface area contributed by atoms with Gasteiger partial charge in [0.15, 0.2) is 0 Å². The summed E-state index contributed by atoms with van der Waals surface area (Å²) >= 11 is 0. The summed E-state index contributed by atoms with van der Waals surface area (Å²) < 4.78 is 38.7. The number of esters is 1. The van der Waals surface area contributed by atoms with Crippen molar-refractivity contribution in [3.05, 3.63) is 0 Å². The van der Waals surface area contributed by atoms with Gasteiger partial charge in [0.2, 0.25) is 0 Å². The van der Waals surface area contributed by atoms with Crippen LogP contribution in [-0.4, -0.2) is 53.7 Å². The van der Waals surface area contributed by atoms with Crippen LogP contribution in [0.25, 0.3) is 0 Å². The van der Waals surface area contributed by atoms with Gasteiger partial charge < -0.3 is 13.8 Å². The van der Waals surface area contributed by atoms with Crippen LogP contribution >= 0.6 is 0 Å². The maximum atomic E-state index is 10.9. The molecule has 0 saturated heterocycles. The number of hydrogen-bond acceptors (Lipinski definition) is 6. The van der Waals surface area contributed by atoms with Crippen LogP contribution in [0, 0.1) is 5.92 Å². The first-order chi connectivity index (χ1) is 6.84. The molecule has 0 spiro atoms. The Balaban J connectivity index is 0. The van der Waals surface area contributed by atoms with Gasteiger partial charge in [0, 0.05) is 10.4 Å². The molecule has 8 heteroatoms. The van der Waals surface area contributed by atoms with E-state index in [1.807, 2.05) is 0 Å². The first kappa shape index (κ1) is 18.5. The predicted octanol–water partition coefficient (Wildman–Crippen LogP) is 0.0209. The number of carbonyl (C=O) groups is 1. The minimum absolute atomic E-state index is 0. The zero-order chi connectivity index (χ0) is 11.9. The summed E-state index contributed by atoms with van der Waals surface area (Å²) in [7, 11) is -3.70. The summed E-state index contributed by atoms with van der Waals surface area (Å²) in [5.74, 6) is 0.193. The molecule has 1 rings (SSSR count). The van der Waals surface area contributed by atoms with E-state index in [2.05, 4.69) is 4.74 Å². The Labute approximate surface area is 111 Å². The van der Waals surface area contributed by atoms with Gasteiger partial charge >= 0.3 is 29.0 Å². The molecule has 1 aliphatic rings. The van der Waals surface area contributed by atoms with Gasteiger partial charge in [0.1, 0.15) is 0 Å². The number of methoxy groups -OCH3 is 1. The zero-order valence-electron chi connectivity index (χ0n) is 9.18. The summed E-state index contributed by atoms with van der Waals surface area (Å²) in [6.45, 7) is 0. The summed E-state index contributed by atoms with van der Waals surface area (Å²) in [5.41, 5.74) is 0. The Morgan fingerprint density at radius 3 is 1.88 bits per heavy atom. The van der Waals surface area contributed by atoms with E-state index in [4.69, 9.17) is 17.5 Å². The second-order valence-electron chi connectivity index (χ2n) is 3.27. The van der Waals surface area contributed by atoms with E-state index in [0.29, 0.717) is 0 Å². The normalized spacial score (nSPS) is 16.4. The molecule has 0 bridgehead atoms. The Bertz CT molecular complexity index is 275. The van der Waals surface area contributed by atoms with Crippen molar-refractivity contribution in [1.82, 2.24) is 0 Å². The van der Waals surface area contributed by atoms with Gasteiger partial charge in [-0.3, -0.25) is 13.2 Å². The third kappa shape index (κ3) is 12.2. The average molecular weight is 263 g/mol. The molecule has 0 aromatic heterocycles. The number of hydrogen-bond donors (Lipinski definition) is 0. The zero-order valence-corrected chi connectivity index (χ0v) is 11.4. The fourth-order valence-electron chi connectivity index (χ4n) is 1.50. The van der Waals surface area contributed by atoms with Crippen LogP contribution in [0.15, 0.2) is 0 Å². The van der Waals surface area contributed by atoms with Crippen molar-refractivity contribution in [3.8, 4) is 0 Å². The molecule has 6 nitrogen and oxygen atoms in total. The van der Waals surface area contributed by atoms with Crippen LogP contribution in [0.1, 0.15) is 32.1 Å². The van der Waals surface area contributed by atoms with Gasteiger partial charge in [0.25, 0.3) is 0 Å². The van der Waals surface area contributed by atoms with Crippen LogP contribution in [0.4, 0.5) is 0 Å². The van der Waals surface area contributed by atoms with Gasteiger partial charge in [-0.1, -0.05) is 19.3 Å². The van der Waals surface area contributed by atoms with Crippen LogP contribution < -0.4 is 0 Å². The van der Waals surface area contributed by atoms with Gasteiger partial charge in [-0.15, -0.1) is 0 Å². The Hall–Kier alpha value is 0.106. The molecule has 90 valence electrons. The largest absolute Gasteiger partial charge is 2.00 e. The molecule has 0 aliphatic heterocycles. The van der Waals surface area contributed by atoms with Crippen LogP contribution in [0.5, 0.6) is 0 Å². The molecular weight excluding hydrogens is 248 g/mol. The quantitative estimate of drug-likeness (QED) is 0.285. The molecule has 1 aliphatic carbocycles. The molecule has 0 radical (unpaired) electrons. The molecule has 0 aromatic rings. The number of ether oxygens (including phenoxy) is 1. The SMILES string of the molecule is COC(=O)C1CCCCC1.O=S(=O)([O-])[O-].[Mg+2]. The Kier molecular flexibility index (Phi) is 10.6. The van der Waals surface area contributed by atoms with Gasteiger partial charge in [0.05, 0.1) is 13.0 Å². The van der Waals surface area contributed by atoms with Crippen LogP contribution in [-0.2, 0) is 19.9 Å². The summed E-state index contributed by atoms with van der Waals surface area (Å²) in [6.07, 6.45) is 5.74. The summed E-state index contributed by atoms with van der Waals surface area (Å²) in [5, 5.41) is 0. The maximum Gasteiger partial charge on any atom is 2.00 e. The molecule has 16 heavy (non-hydrogen) atoms. The van der Waals surface area contributed by atoms with E-state index in [0.717, 1.165) is 12.8 Å². The second kappa shape index (κ2) is 9.17. The monoisotopic (exact) mass is 262 g/mol. The molecule has 0 amide bonds. The Morgan fingerprint density at radius 2 is 1.56 bits per heavy atom. The molecule has 1 fully saturated rings. The van der Waals surface area contributed by atoms with Crippen molar-refractivity contribution < 1.29 is 27.1 Å². The fraction of sp³-hybridized carbons (Fsp3) is 0.875. The van der Waals surface area contributed by atoms with Crippen LogP contribution in [0.2, 0.25) is 0 Å². The predicted molar refractivity (Wildman–Crippen MR) is 54.8 cm³/mol. The molecule has 0 N–H and O–H groups in total. The van der Waals surface area contributed by atoms with Crippen molar-refractivity contribution in [1.29, 1.82) is 0 Å². The van der Waals surface area contributed by atoms with E-state index in [9.17, 15) is 4.79 Å². The topological polar surface area (TPSA) is 107 Å². The third-order valence-electron chi connectivity index (χ3n) is 2.14. The van der Waals surface area contributed by atoms with Crippen molar-refractivity contribution in [2.45, 2.75) is 32.1 Å². The van der Waals surface area contributed by atoms with E-state index >= 15 is 0 Å². The maximum absolute atomic E-state index is 10.9. The molecule has 0 aromatic carbocycles. The summed E-state index contributed by atoms with van der Waals surface area (Å²) in [4.78, 5) is 10.9. The number of carbonyl (C=O) groups excluding carboxylic acids is 1. The van der Waals surface area contributed by atoms with Crippen molar-refractivity contribution in [2.24, 2.45) is 5.92 Å². The molecule has 0 heterocycles. The van der Waals surface area contributed by atoms with Crippen molar-refractivity contribution >= 4 is 39.4 Å². The van der Waals surface area contributed by atoms with E-state index in [1.54, 1.807) is 0 Å². The van der Waals surface area contributed by atoms with Gasteiger partial charge in [-0.25, -0.2) is 0 Å². The number of rotatable bonds is 1. The first-order valence-electron chi connectivity index (χ1n) is 4.59. The smallest absolute Gasteiger partial charge is 0.759 e. The van der Waals surface area contributed by atoms with Crippen molar-refractivity contribution in [2.75, 3.05) is 7.11 Å². The molecule has 0 atom stereocenters. The molecule has 0 unspecified atom stereocenters. The minimum atomic E-state index is -5.17. The van der Waals surface area contributed by atoms with E-state index in [1.165, 1.54) is 26.4 Å². The summed E-state index contributed by atoms with van der Waals surface area (Å²) in [6, 6.07) is 0. The molecular formula is C8H14MgO6S. The third-order valence-corrected chi connectivity index (χ3v) is 2.14. The first-order valence-corrected chi connectivity index (χ1v) is 5.92. The fourth-order valence-corrected chi connectivity index (χ4v) is 1.50. The minimum Gasteiger partial charge on any atom is -0.759 e. The van der Waals surface area contributed by atoms with E-state index < -0.39 is 10.4 Å². The van der Waals surface area contributed by atoms with Gasteiger partial charge in [-0.2, -0.15) is 0 Å². The van der Waals surface area contributed by atoms with Gasteiger partial charge in [-0.05, 0) is 12.8 Å². The van der Waals surface area contributed by atoms with Crippen molar-refractivity contribution in [3.63, 3.8) is 0 Å². The second-order valence-corrected chi connectivity index (χ2v) is 4.08. The Morgan fingerprint density at radius 1 is 1.19 bits per heavy atom. The standard InChI is InChI=1S/C8H14O2.Mg.H2O4S/c1-10-8(9)7-5-3-2-4-6-7;;1-5(2,3)4/h7H,2-6H2,1H3;;(H2,1,2,3,4)/q;+2;/p-2. The average Bonchev–Trinajstić information content (AvgIpc) is 2.15.